The van der Waals surface area contributed by atoms with E-state index >= 15 is 0 Å². The van der Waals surface area contributed by atoms with E-state index in [1.165, 1.54) is 5.56 Å². The highest BCUT2D eigenvalue weighted by molar-refractivity contribution is 5.10. The summed E-state index contributed by atoms with van der Waals surface area (Å²) in [7, 11) is 0. The average Bonchev–Trinajstić information content (AvgIpc) is 2.80. The lowest BCUT2D eigenvalue weighted by Crippen LogP contribution is -2.19. The predicted molar refractivity (Wildman–Crippen MR) is 70.0 cm³/mol. The van der Waals surface area contributed by atoms with Crippen molar-refractivity contribution >= 4 is 0 Å². The Bertz CT molecular complexity index is 299. The maximum absolute atomic E-state index is 5.45. The minimum atomic E-state index is 0.422. The molecule has 0 saturated heterocycles. The molecular weight excluding hydrogens is 214 g/mol. The fourth-order valence-electron chi connectivity index (χ4n) is 1.83. The maximum atomic E-state index is 5.45. The van der Waals surface area contributed by atoms with Gasteiger partial charge in [-0.15, -0.1) is 0 Å². The molecule has 1 heterocycles. The summed E-state index contributed by atoms with van der Waals surface area (Å²) in [4.78, 5) is 0. The van der Waals surface area contributed by atoms with Gasteiger partial charge in [0.25, 0.3) is 0 Å². The van der Waals surface area contributed by atoms with E-state index in [-0.39, 0.29) is 0 Å². The molecule has 17 heavy (non-hydrogen) atoms. The normalized spacial score (nSPS) is 12.9. The molecule has 0 aliphatic heterocycles. The van der Waals surface area contributed by atoms with Gasteiger partial charge in [-0.25, -0.2) is 0 Å². The Hall–Kier alpha value is -0.870. The molecule has 1 atom stereocenters. The van der Waals surface area contributed by atoms with Crippen LogP contribution >= 0.6 is 0 Å². The smallest absolute Gasteiger partial charge is 0.0662 e. The van der Waals surface area contributed by atoms with E-state index in [1.54, 1.807) is 0 Å². The lowest BCUT2D eigenvalue weighted by molar-refractivity contribution is 0.124. The van der Waals surface area contributed by atoms with Crippen LogP contribution in [-0.2, 0) is 11.3 Å². The van der Waals surface area contributed by atoms with E-state index in [0.29, 0.717) is 6.04 Å². The Labute approximate surface area is 104 Å². The fraction of sp³-hybridized carbons (Fsp3) is 0.769. The number of nitrogens with one attached hydrogen (secondary N) is 1. The molecule has 1 N–H and O–H groups in total. The molecule has 0 bridgehead atoms. The van der Waals surface area contributed by atoms with Crippen LogP contribution in [0.25, 0.3) is 0 Å². The Balaban J connectivity index is 2.40. The van der Waals surface area contributed by atoms with Gasteiger partial charge >= 0.3 is 0 Å². The summed E-state index contributed by atoms with van der Waals surface area (Å²) in [5.41, 5.74) is 1.27. The van der Waals surface area contributed by atoms with Crippen LogP contribution in [0.1, 0.15) is 45.2 Å². The Morgan fingerprint density at radius 2 is 2.18 bits per heavy atom. The third kappa shape index (κ3) is 4.88. The summed E-state index contributed by atoms with van der Waals surface area (Å²) in [6, 6.07) is 0.422. The summed E-state index contributed by atoms with van der Waals surface area (Å²) < 4.78 is 7.42. The first kappa shape index (κ1) is 14.2. The van der Waals surface area contributed by atoms with Crippen molar-refractivity contribution < 1.29 is 4.74 Å². The molecule has 98 valence electrons. The lowest BCUT2D eigenvalue weighted by Gasteiger charge is -2.13. The molecule has 0 spiro atoms. The first-order valence-electron chi connectivity index (χ1n) is 6.65. The molecule has 1 aromatic heterocycles. The first-order valence-corrected chi connectivity index (χ1v) is 6.65. The second-order valence-electron chi connectivity index (χ2n) is 4.17. The van der Waals surface area contributed by atoms with Crippen molar-refractivity contribution in [1.29, 1.82) is 0 Å². The second-order valence-corrected chi connectivity index (χ2v) is 4.17. The van der Waals surface area contributed by atoms with Crippen LogP contribution in [0.4, 0.5) is 0 Å². The molecule has 0 fully saturated rings. The van der Waals surface area contributed by atoms with E-state index in [0.717, 1.165) is 39.1 Å². The van der Waals surface area contributed by atoms with Crippen molar-refractivity contribution in [3.8, 4) is 0 Å². The van der Waals surface area contributed by atoms with Crippen molar-refractivity contribution in [1.82, 2.24) is 15.1 Å². The van der Waals surface area contributed by atoms with Crippen LogP contribution in [0.2, 0.25) is 0 Å². The molecule has 0 aliphatic rings. The molecule has 1 aromatic rings. The average molecular weight is 239 g/mol. The SMILES string of the molecule is CCCOCCn1cc(C(CC)NCC)cn1. The van der Waals surface area contributed by atoms with E-state index in [2.05, 4.69) is 37.4 Å². The first-order chi connectivity index (χ1) is 8.31. The van der Waals surface area contributed by atoms with Gasteiger partial charge in [0.15, 0.2) is 0 Å². The highest BCUT2D eigenvalue weighted by Gasteiger charge is 2.09. The molecule has 0 saturated carbocycles. The zero-order chi connectivity index (χ0) is 12.5. The molecule has 1 rings (SSSR count). The largest absolute Gasteiger partial charge is 0.380 e. The Morgan fingerprint density at radius 1 is 1.35 bits per heavy atom. The molecule has 0 aromatic carbocycles. The van der Waals surface area contributed by atoms with Crippen LogP contribution in [0.5, 0.6) is 0 Å². The van der Waals surface area contributed by atoms with E-state index in [4.69, 9.17) is 4.74 Å². The van der Waals surface area contributed by atoms with Gasteiger partial charge in [-0.3, -0.25) is 4.68 Å². The second kappa shape index (κ2) is 8.25. The third-order valence-electron chi connectivity index (χ3n) is 2.73. The van der Waals surface area contributed by atoms with Gasteiger partial charge < -0.3 is 10.1 Å². The van der Waals surface area contributed by atoms with Crippen molar-refractivity contribution in [2.75, 3.05) is 19.8 Å². The summed E-state index contributed by atoms with van der Waals surface area (Å²) in [6.45, 7) is 9.84. The van der Waals surface area contributed by atoms with Crippen LogP contribution in [0.3, 0.4) is 0 Å². The quantitative estimate of drug-likeness (QED) is 0.672. The van der Waals surface area contributed by atoms with Gasteiger partial charge in [-0.05, 0) is 19.4 Å². The number of hydrogen-bond donors (Lipinski definition) is 1. The van der Waals surface area contributed by atoms with Gasteiger partial charge in [-0.2, -0.15) is 5.10 Å². The Morgan fingerprint density at radius 3 is 2.82 bits per heavy atom. The van der Waals surface area contributed by atoms with Gasteiger partial charge in [-0.1, -0.05) is 20.8 Å². The topological polar surface area (TPSA) is 39.1 Å². The number of rotatable bonds is 9. The monoisotopic (exact) mass is 239 g/mol. The van der Waals surface area contributed by atoms with Crippen LogP contribution in [0, 0.1) is 0 Å². The van der Waals surface area contributed by atoms with E-state index in [9.17, 15) is 0 Å². The van der Waals surface area contributed by atoms with Crippen molar-refractivity contribution in [2.24, 2.45) is 0 Å². The fourth-order valence-corrected chi connectivity index (χ4v) is 1.83. The van der Waals surface area contributed by atoms with Crippen molar-refractivity contribution in [2.45, 2.75) is 46.2 Å². The molecule has 1 unspecified atom stereocenters. The number of hydrogen-bond acceptors (Lipinski definition) is 3. The zero-order valence-corrected chi connectivity index (χ0v) is 11.3. The lowest BCUT2D eigenvalue weighted by atomic mass is 10.1. The summed E-state index contributed by atoms with van der Waals surface area (Å²) in [6.07, 6.45) is 6.23. The molecule has 4 nitrogen and oxygen atoms in total. The van der Waals surface area contributed by atoms with Crippen LogP contribution in [-0.4, -0.2) is 29.5 Å². The highest BCUT2D eigenvalue weighted by Crippen LogP contribution is 2.15. The summed E-state index contributed by atoms with van der Waals surface area (Å²) in [5, 5.41) is 7.82. The number of nitrogens with zero attached hydrogens (tertiary/aromatic N) is 2. The van der Waals surface area contributed by atoms with E-state index < -0.39 is 0 Å². The molecule has 0 aliphatic carbocycles. The third-order valence-corrected chi connectivity index (χ3v) is 2.73. The predicted octanol–water partition coefficient (Wildman–Crippen LogP) is 2.37. The van der Waals surface area contributed by atoms with Crippen LogP contribution in [0.15, 0.2) is 12.4 Å². The molecule has 0 radical (unpaired) electrons. The summed E-state index contributed by atoms with van der Waals surface area (Å²) in [5.74, 6) is 0. The van der Waals surface area contributed by atoms with Crippen molar-refractivity contribution in [3.05, 3.63) is 18.0 Å². The molecular formula is C13H25N3O. The minimum absolute atomic E-state index is 0.422. The van der Waals surface area contributed by atoms with E-state index in [1.807, 2.05) is 10.9 Å². The molecule has 4 heteroatoms. The number of ether oxygens (including phenoxy) is 1. The maximum Gasteiger partial charge on any atom is 0.0662 e. The number of aromatic nitrogens is 2. The summed E-state index contributed by atoms with van der Waals surface area (Å²) >= 11 is 0. The van der Waals surface area contributed by atoms with Gasteiger partial charge in [0.2, 0.25) is 0 Å². The van der Waals surface area contributed by atoms with Gasteiger partial charge in [0.1, 0.15) is 0 Å². The minimum Gasteiger partial charge on any atom is -0.380 e. The Kier molecular flexibility index (Phi) is 6.89. The van der Waals surface area contributed by atoms with Crippen molar-refractivity contribution in [3.63, 3.8) is 0 Å². The van der Waals surface area contributed by atoms with Gasteiger partial charge in [0.05, 0.1) is 19.3 Å². The molecule has 0 amide bonds. The van der Waals surface area contributed by atoms with Gasteiger partial charge in [0, 0.05) is 24.4 Å². The highest BCUT2D eigenvalue weighted by atomic mass is 16.5. The van der Waals surface area contributed by atoms with Crippen LogP contribution < -0.4 is 5.32 Å². The zero-order valence-electron chi connectivity index (χ0n) is 11.3. The standard InChI is InChI=1S/C13H25N3O/c1-4-8-17-9-7-16-11-12(10-15-16)13(5-2)14-6-3/h10-11,13-14H,4-9H2,1-3H3.